The normalized spacial score (nSPS) is 25.4. The number of para-hydroxylation sites is 1. The molecule has 5 atom stereocenters. The fourth-order valence-electron chi connectivity index (χ4n) is 7.88. The second kappa shape index (κ2) is 12.9. The number of fused-ring (bicyclic) bond motifs is 2. The van der Waals surface area contributed by atoms with Gasteiger partial charge in [0.2, 0.25) is 14.3 Å². The minimum Gasteiger partial charge on any atom is -0.497 e. The number of hydrogen-bond donors (Lipinski definition) is 2. The summed E-state index contributed by atoms with van der Waals surface area (Å²) in [5.41, 5.74) is 1.16. The third kappa shape index (κ3) is 5.96. The number of nitrogens with one attached hydrogen (secondary N) is 1. The van der Waals surface area contributed by atoms with Gasteiger partial charge in [-0.25, -0.2) is 0 Å². The third-order valence-electron chi connectivity index (χ3n) is 10.0. The summed E-state index contributed by atoms with van der Waals surface area (Å²) < 4.78 is 28.1. The largest absolute Gasteiger partial charge is 0.497 e. The van der Waals surface area contributed by atoms with Crippen molar-refractivity contribution in [1.29, 1.82) is 0 Å². The average Bonchev–Trinajstić information content (AvgIpc) is 3.72. The van der Waals surface area contributed by atoms with Gasteiger partial charge in [0.25, 0.3) is 11.8 Å². The molecule has 2 saturated heterocycles. The fourth-order valence-corrected chi connectivity index (χ4v) is 10.4. The van der Waals surface area contributed by atoms with E-state index < -0.39 is 31.6 Å². The van der Waals surface area contributed by atoms with Crippen LogP contribution in [-0.4, -0.2) is 68.5 Å². The van der Waals surface area contributed by atoms with E-state index in [0.29, 0.717) is 34.8 Å². The zero-order valence-electron chi connectivity index (χ0n) is 27.2. The Kier molecular flexibility index (Phi) is 8.99. The molecule has 3 aliphatic heterocycles. The van der Waals surface area contributed by atoms with Crippen molar-refractivity contribution in [2.45, 2.75) is 69.1 Å². The second-order valence-corrected chi connectivity index (χ2v) is 17.1. The molecule has 0 unspecified atom stereocenters. The Morgan fingerprint density at radius 1 is 1.11 bits per heavy atom. The highest BCUT2D eigenvalue weighted by molar-refractivity contribution is 6.72. The van der Waals surface area contributed by atoms with Crippen LogP contribution in [0.1, 0.15) is 47.7 Å². The summed E-state index contributed by atoms with van der Waals surface area (Å²) in [7, 11) is -1.88. The van der Waals surface area contributed by atoms with Crippen LogP contribution in [0.5, 0.6) is 5.75 Å². The number of anilines is 2. The lowest BCUT2D eigenvalue weighted by Gasteiger charge is -2.31. The highest BCUT2D eigenvalue weighted by atomic mass is 28.4. The van der Waals surface area contributed by atoms with Crippen molar-refractivity contribution in [2.75, 3.05) is 30.5 Å². The maximum absolute atomic E-state index is 16.2. The molecule has 248 valence electrons. The van der Waals surface area contributed by atoms with Crippen LogP contribution in [-0.2, 0) is 26.5 Å². The summed E-state index contributed by atoms with van der Waals surface area (Å²) in [6, 6.07) is 21.3. The maximum atomic E-state index is 16.2. The Balaban J connectivity index is 1.27. The SMILES string of the molecule is COc1ccc(C(=O)Nc2cccc(CN3C(=O)[C@@]4(O[C@@H](CC(=O)N5CCC[C@H]5CO)[C@H]([Si](C)(C)F)[C@H]4C)c4ccccc43)c2)cc1. The Morgan fingerprint density at radius 2 is 1.85 bits per heavy atom. The number of carbonyl (C=O) groups excluding carboxylic acids is 3. The Labute approximate surface area is 275 Å². The van der Waals surface area contributed by atoms with Crippen molar-refractivity contribution >= 4 is 37.5 Å². The molecule has 2 fully saturated rings. The second-order valence-electron chi connectivity index (χ2n) is 13.3. The fraction of sp³-hybridized carbons (Fsp3) is 0.417. The van der Waals surface area contributed by atoms with Gasteiger partial charge in [-0.05, 0) is 74.0 Å². The van der Waals surface area contributed by atoms with E-state index in [2.05, 4.69) is 5.32 Å². The van der Waals surface area contributed by atoms with E-state index in [9.17, 15) is 19.5 Å². The lowest BCUT2D eigenvalue weighted by Crippen LogP contribution is -2.45. The molecule has 3 aromatic carbocycles. The number of methoxy groups -OCH3 is 1. The zero-order chi connectivity index (χ0) is 33.5. The molecule has 0 bridgehead atoms. The molecule has 3 heterocycles. The number of aliphatic hydroxyl groups is 1. The Morgan fingerprint density at radius 3 is 2.55 bits per heavy atom. The van der Waals surface area contributed by atoms with Crippen molar-refractivity contribution in [3.63, 3.8) is 0 Å². The summed E-state index contributed by atoms with van der Waals surface area (Å²) >= 11 is 0. The molecular formula is C36H42FN3O6Si. The van der Waals surface area contributed by atoms with Gasteiger partial charge in [-0.1, -0.05) is 37.3 Å². The van der Waals surface area contributed by atoms with Crippen molar-refractivity contribution in [1.82, 2.24) is 4.90 Å². The van der Waals surface area contributed by atoms with Gasteiger partial charge < -0.3 is 33.8 Å². The number of hydrogen-bond acceptors (Lipinski definition) is 6. The van der Waals surface area contributed by atoms with Crippen LogP contribution in [0.4, 0.5) is 15.5 Å². The van der Waals surface area contributed by atoms with Gasteiger partial charge in [0.15, 0.2) is 5.60 Å². The van der Waals surface area contributed by atoms with Crippen LogP contribution in [0, 0.1) is 5.92 Å². The molecule has 9 nitrogen and oxygen atoms in total. The lowest BCUT2D eigenvalue weighted by atomic mass is 9.82. The number of rotatable bonds is 9. The molecule has 11 heteroatoms. The maximum Gasteiger partial charge on any atom is 0.264 e. The van der Waals surface area contributed by atoms with Crippen LogP contribution in [0.2, 0.25) is 18.6 Å². The van der Waals surface area contributed by atoms with Crippen LogP contribution >= 0.6 is 0 Å². The Hall–Kier alpha value is -4.06. The van der Waals surface area contributed by atoms with Crippen LogP contribution in [0.15, 0.2) is 72.8 Å². The van der Waals surface area contributed by atoms with Gasteiger partial charge in [-0.2, -0.15) is 0 Å². The minimum absolute atomic E-state index is 0.0427. The first-order valence-electron chi connectivity index (χ1n) is 16.2. The molecular weight excluding hydrogens is 617 g/mol. The molecule has 3 aromatic rings. The van der Waals surface area contributed by atoms with Crippen molar-refractivity contribution < 1.29 is 33.1 Å². The van der Waals surface area contributed by atoms with E-state index in [1.165, 1.54) is 0 Å². The first kappa shape index (κ1) is 32.9. The third-order valence-corrected chi connectivity index (χ3v) is 12.5. The number of carbonyl (C=O) groups is 3. The van der Waals surface area contributed by atoms with E-state index in [1.54, 1.807) is 60.3 Å². The summed E-state index contributed by atoms with van der Waals surface area (Å²) in [6.07, 6.45) is 0.716. The van der Waals surface area contributed by atoms with Gasteiger partial charge in [-0.3, -0.25) is 14.4 Å². The quantitative estimate of drug-likeness (QED) is 0.227. The summed E-state index contributed by atoms with van der Waals surface area (Å²) in [5.74, 6) is -0.605. The van der Waals surface area contributed by atoms with Crippen LogP contribution < -0.4 is 15.0 Å². The predicted octanol–water partition coefficient (Wildman–Crippen LogP) is 5.64. The predicted molar refractivity (Wildman–Crippen MR) is 180 cm³/mol. The van der Waals surface area contributed by atoms with E-state index in [1.807, 2.05) is 49.4 Å². The number of amides is 3. The number of ether oxygens (including phenoxy) is 2. The van der Waals surface area contributed by atoms with Gasteiger partial charge in [-0.15, -0.1) is 0 Å². The Bertz CT molecular complexity index is 1660. The number of benzene rings is 3. The molecule has 3 aliphatic rings. The summed E-state index contributed by atoms with van der Waals surface area (Å²) in [4.78, 5) is 44.4. The van der Waals surface area contributed by atoms with Crippen LogP contribution in [0.25, 0.3) is 0 Å². The lowest BCUT2D eigenvalue weighted by molar-refractivity contribution is -0.150. The number of nitrogens with zero attached hydrogens (tertiary/aromatic N) is 2. The highest BCUT2D eigenvalue weighted by Gasteiger charge is 2.67. The van der Waals surface area contributed by atoms with E-state index in [0.717, 1.165) is 18.4 Å². The van der Waals surface area contributed by atoms with Crippen molar-refractivity contribution in [3.8, 4) is 5.75 Å². The molecule has 2 N–H and O–H groups in total. The van der Waals surface area contributed by atoms with Gasteiger partial charge >= 0.3 is 0 Å². The number of aliphatic hydroxyl groups excluding tert-OH is 1. The van der Waals surface area contributed by atoms with E-state index >= 15 is 4.11 Å². The van der Waals surface area contributed by atoms with Gasteiger partial charge in [0, 0.05) is 34.8 Å². The first-order chi connectivity index (χ1) is 22.5. The minimum atomic E-state index is -3.44. The molecule has 0 aliphatic carbocycles. The van der Waals surface area contributed by atoms with Crippen molar-refractivity contribution in [2.24, 2.45) is 5.92 Å². The molecule has 3 amide bonds. The zero-order valence-corrected chi connectivity index (χ0v) is 28.2. The van der Waals surface area contributed by atoms with Crippen molar-refractivity contribution in [3.05, 3.63) is 89.5 Å². The molecule has 0 saturated carbocycles. The number of halogens is 1. The molecule has 0 aromatic heterocycles. The average molecular weight is 660 g/mol. The highest BCUT2D eigenvalue weighted by Crippen LogP contribution is 2.60. The standard InChI is InChI=1S/C36H42FN3O6Si/c1-23-33(47(3,4)37)31(20-32(42)39-18-8-11-27(39)22-41)46-36(23)29-12-5-6-13-30(29)40(35(36)44)21-24-9-7-10-26(19-24)38-34(43)25-14-16-28(45-2)17-15-25/h5-7,9-10,12-17,19,23,27,31,33,41H,8,11,18,20-22H2,1-4H3,(H,38,43)/t23-,27+,31+,33-,36+/m1/s1. The molecule has 1 spiro atoms. The molecule has 47 heavy (non-hydrogen) atoms. The van der Waals surface area contributed by atoms with Gasteiger partial charge in [0.1, 0.15) is 5.75 Å². The topological polar surface area (TPSA) is 108 Å². The van der Waals surface area contributed by atoms with E-state index in [-0.39, 0.29) is 43.3 Å². The van der Waals surface area contributed by atoms with Crippen LogP contribution in [0.3, 0.4) is 0 Å². The molecule has 0 radical (unpaired) electrons. The first-order valence-corrected chi connectivity index (χ1v) is 19.2. The van der Waals surface area contributed by atoms with E-state index in [4.69, 9.17) is 9.47 Å². The molecule has 6 rings (SSSR count). The summed E-state index contributed by atoms with van der Waals surface area (Å²) in [5, 5.41) is 12.7. The summed E-state index contributed by atoms with van der Waals surface area (Å²) in [6.45, 7) is 5.76. The number of likely N-dealkylation sites (tertiary alicyclic amines) is 1. The van der Waals surface area contributed by atoms with Gasteiger partial charge in [0.05, 0.1) is 44.5 Å². The monoisotopic (exact) mass is 659 g/mol. The smallest absolute Gasteiger partial charge is 0.264 e.